The van der Waals surface area contributed by atoms with Crippen LogP contribution in [0.15, 0.2) is 41.8 Å². The van der Waals surface area contributed by atoms with E-state index in [1.165, 1.54) is 5.56 Å². The Kier molecular flexibility index (Phi) is 4.92. The van der Waals surface area contributed by atoms with Crippen LogP contribution in [0.2, 0.25) is 0 Å². The molecule has 0 radical (unpaired) electrons. The molecule has 0 saturated heterocycles. The molecule has 7 heteroatoms. The number of nitrogens with one attached hydrogen (secondary N) is 2. The predicted molar refractivity (Wildman–Crippen MR) is 99.9 cm³/mol. The topological polar surface area (TPSA) is 62.7 Å². The highest BCUT2D eigenvalue weighted by Crippen LogP contribution is 2.26. The number of amides is 1. The zero-order valence-corrected chi connectivity index (χ0v) is 15.1. The number of aromatic amines is 1. The van der Waals surface area contributed by atoms with Gasteiger partial charge in [0.25, 0.3) is 0 Å². The minimum absolute atomic E-state index is 0.130. The first kappa shape index (κ1) is 16.6. The summed E-state index contributed by atoms with van der Waals surface area (Å²) < 4.78 is 2.18. The molecule has 1 aromatic carbocycles. The van der Waals surface area contributed by atoms with Gasteiger partial charge < -0.3 is 5.32 Å². The molecule has 0 aliphatic rings. The van der Waals surface area contributed by atoms with E-state index in [-0.39, 0.29) is 5.91 Å². The van der Waals surface area contributed by atoms with Crippen LogP contribution in [0.1, 0.15) is 25.5 Å². The summed E-state index contributed by atoms with van der Waals surface area (Å²) in [5.74, 6) is 0.550. The molecule has 0 saturated carbocycles. The summed E-state index contributed by atoms with van der Waals surface area (Å²) in [4.78, 5) is 13.6. The van der Waals surface area contributed by atoms with Crippen LogP contribution in [0.25, 0.3) is 10.7 Å². The zero-order valence-electron chi connectivity index (χ0n) is 13.4. The molecule has 1 atom stereocenters. The summed E-state index contributed by atoms with van der Waals surface area (Å²) in [6.45, 7) is 3.92. The van der Waals surface area contributed by atoms with E-state index < -0.39 is 6.04 Å². The number of H-pyrrole nitrogens is 1. The van der Waals surface area contributed by atoms with Gasteiger partial charge in [-0.1, -0.05) is 25.1 Å². The highest BCUT2D eigenvalue weighted by Gasteiger charge is 2.21. The minimum atomic E-state index is -0.473. The largest absolute Gasteiger partial charge is 0.324 e. The van der Waals surface area contributed by atoms with Gasteiger partial charge in [-0.05, 0) is 54.7 Å². The van der Waals surface area contributed by atoms with Gasteiger partial charge in [-0.2, -0.15) is 5.10 Å². The lowest BCUT2D eigenvalue weighted by molar-refractivity contribution is -0.118. The monoisotopic (exact) mass is 358 g/mol. The Labute approximate surface area is 149 Å². The van der Waals surface area contributed by atoms with E-state index >= 15 is 0 Å². The minimum Gasteiger partial charge on any atom is -0.324 e. The number of thiophene rings is 1. The number of nitrogens with zero attached hydrogens (tertiary/aromatic N) is 2. The number of carbonyl (C=O) groups excluding carboxylic acids is 1. The van der Waals surface area contributed by atoms with Gasteiger partial charge in [-0.25, -0.2) is 0 Å². The highest BCUT2D eigenvalue weighted by atomic mass is 32.1. The fourth-order valence-electron chi connectivity index (χ4n) is 2.43. The maximum absolute atomic E-state index is 12.6. The second-order valence-corrected chi connectivity index (χ2v) is 6.75. The molecule has 3 rings (SSSR count). The third-order valence-electron chi connectivity index (χ3n) is 3.84. The molecule has 2 heterocycles. The molecule has 2 N–H and O–H groups in total. The van der Waals surface area contributed by atoms with Crippen molar-refractivity contribution in [3.63, 3.8) is 0 Å². The molecular weight excluding hydrogens is 340 g/mol. The molecule has 0 spiro atoms. The highest BCUT2D eigenvalue weighted by molar-refractivity contribution is 7.71. The van der Waals surface area contributed by atoms with Crippen molar-refractivity contribution in [2.45, 2.75) is 26.3 Å². The fraction of sp³-hybridized carbons (Fsp3) is 0.235. The van der Waals surface area contributed by atoms with Gasteiger partial charge in [0.15, 0.2) is 10.6 Å². The van der Waals surface area contributed by atoms with Gasteiger partial charge >= 0.3 is 0 Å². The second-order valence-electron chi connectivity index (χ2n) is 5.42. The standard InChI is InChI=1S/C17H18N4OS2/c1-3-12-6-8-13(9-7-12)18-16(22)11(2)21-15(19-20-17(21)23)14-5-4-10-24-14/h4-11H,3H2,1-2H3,(H,18,22)(H,20,23)/t11-/m0/s1. The maximum Gasteiger partial charge on any atom is 0.247 e. The van der Waals surface area contributed by atoms with Gasteiger partial charge in [0.05, 0.1) is 4.88 Å². The van der Waals surface area contributed by atoms with Crippen LogP contribution in [0, 0.1) is 4.77 Å². The van der Waals surface area contributed by atoms with Crippen LogP contribution >= 0.6 is 23.6 Å². The van der Waals surface area contributed by atoms with Crippen LogP contribution in [0.3, 0.4) is 0 Å². The van der Waals surface area contributed by atoms with Crippen molar-refractivity contribution in [1.29, 1.82) is 0 Å². The van der Waals surface area contributed by atoms with Gasteiger partial charge in [-0.15, -0.1) is 11.3 Å². The first-order chi connectivity index (χ1) is 11.6. The summed E-state index contributed by atoms with van der Waals surface area (Å²) in [6.07, 6.45) is 0.971. The summed E-state index contributed by atoms with van der Waals surface area (Å²) >= 11 is 6.87. The first-order valence-electron chi connectivity index (χ1n) is 7.70. The lowest BCUT2D eigenvalue weighted by atomic mass is 10.1. The maximum atomic E-state index is 12.6. The van der Waals surface area contributed by atoms with Crippen LogP contribution in [0.5, 0.6) is 0 Å². The van der Waals surface area contributed by atoms with E-state index in [9.17, 15) is 4.79 Å². The summed E-state index contributed by atoms with van der Waals surface area (Å²) in [7, 11) is 0. The van der Waals surface area contributed by atoms with Crippen molar-refractivity contribution in [1.82, 2.24) is 14.8 Å². The van der Waals surface area contributed by atoms with Gasteiger partial charge in [0.1, 0.15) is 6.04 Å². The SMILES string of the molecule is CCc1ccc(NC(=O)[C@H](C)n2c(-c3cccs3)n[nH]c2=S)cc1. The summed E-state index contributed by atoms with van der Waals surface area (Å²) in [5, 5.41) is 12.0. The van der Waals surface area contributed by atoms with Crippen LogP contribution < -0.4 is 5.32 Å². The van der Waals surface area contributed by atoms with Gasteiger partial charge in [0, 0.05) is 5.69 Å². The number of aryl methyl sites for hydroxylation is 1. The Balaban J connectivity index is 1.83. The van der Waals surface area contributed by atoms with Crippen molar-refractivity contribution in [2.24, 2.45) is 0 Å². The average Bonchev–Trinajstić information content (AvgIpc) is 3.24. The third-order valence-corrected chi connectivity index (χ3v) is 5.00. The molecular formula is C17H18N4OS2. The Hall–Kier alpha value is -2.25. The molecule has 124 valence electrons. The van der Waals surface area contributed by atoms with E-state index in [0.29, 0.717) is 10.6 Å². The predicted octanol–water partition coefficient (Wildman–Crippen LogP) is 4.43. The lowest BCUT2D eigenvalue weighted by Gasteiger charge is -2.15. The summed E-state index contributed by atoms with van der Waals surface area (Å²) in [6, 6.07) is 11.3. The summed E-state index contributed by atoms with van der Waals surface area (Å²) in [5.41, 5.74) is 2.01. The molecule has 0 fully saturated rings. The number of rotatable bonds is 5. The van der Waals surface area contributed by atoms with Crippen molar-refractivity contribution < 1.29 is 4.79 Å². The van der Waals surface area contributed by atoms with E-state index in [1.54, 1.807) is 15.9 Å². The van der Waals surface area contributed by atoms with E-state index in [1.807, 2.05) is 48.7 Å². The zero-order chi connectivity index (χ0) is 17.1. The van der Waals surface area contributed by atoms with E-state index in [0.717, 1.165) is 17.0 Å². The number of benzene rings is 1. The molecule has 0 bridgehead atoms. The molecule has 3 aromatic rings. The van der Waals surface area contributed by atoms with E-state index in [2.05, 4.69) is 22.4 Å². The average molecular weight is 358 g/mol. The van der Waals surface area contributed by atoms with Crippen molar-refractivity contribution >= 4 is 35.1 Å². The number of hydrogen-bond acceptors (Lipinski definition) is 4. The lowest BCUT2D eigenvalue weighted by Crippen LogP contribution is -2.24. The Morgan fingerprint density at radius 1 is 1.38 bits per heavy atom. The Bertz CT molecular complexity index is 878. The Morgan fingerprint density at radius 3 is 2.75 bits per heavy atom. The van der Waals surface area contributed by atoms with Crippen LogP contribution in [-0.2, 0) is 11.2 Å². The molecule has 5 nitrogen and oxygen atoms in total. The molecule has 24 heavy (non-hydrogen) atoms. The molecule has 1 amide bonds. The molecule has 0 aliphatic carbocycles. The number of aromatic nitrogens is 3. The van der Waals surface area contributed by atoms with E-state index in [4.69, 9.17) is 12.2 Å². The quantitative estimate of drug-likeness (QED) is 0.663. The molecule has 0 aliphatic heterocycles. The Morgan fingerprint density at radius 2 is 2.12 bits per heavy atom. The van der Waals surface area contributed by atoms with Crippen molar-refractivity contribution in [3.8, 4) is 10.7 Å². The van der Waals surface area contributed by atoms with Crippen LogP contribution in [0.4, 0.5) is 5.69 Å². The number of carbonyl (C=O) groups is 1. The van der Waals surface area contributed by atoms with Crippen molar-refractivity contribution in [3.05, 3.63) is 52.1 Å². The van der Waals surface area contributed by atoms with Crippen molar-refractivity contribution in [2.75, 3.05) is 5.32 Å². The van der Waals surface area contributed by atoms with Gasteiger partial charge in [0.2, 0.25) is 5.91 Å². The fourth-order valence-corrected chi connectivity index (χ4v) is 3.43. The van der Waals surface area contributed by atoms with Crippen LogP contribution in [-0.4, -0.2) is 20.7 Å². The first-order valence-corrected chi connectivity index (χ1v) is 8.99. The van der Waals surface area contributed by atoms with Gasteiger partial charge in [-0.3, -0.25) is 14.5 Å². The number of hydrogen-bond donors (Lipinski definition) is 2. The smallest absolute Gasteiger partial charge is 0.247 e. The normalized spacial score (nSPS) is 12.1. The molecule has 2 aromatic heterocycles. The number of anilines is 1. The second kappa shape index (κ2) is 7.11. The third kappa shape index (κ3) is 3.32. The molecule has 0 unspecified atom stereocenters.